The highest BCUT2D eigenvalue weighted by molar-refractivity contribution is 6.31. The van der Waals surface area contributed by atoms with Crippen LogP contribution in [0.1, 0.15) is 12.0 Å². The molecule has 2 rings (SSSR count). The van der Waals surface area contributed by atoms with Crippen LogP contribution in [0.25, 0.3) is 0 Å². The molecule has 0 saturated heterocycles. The van der Waals surface area contributed by atoms with Crippen molar-refractivity contribution in [3.8, 4) is 0 Å². The quantitative estimate of drug-likeness (QED) is 0.916. The second-order valence-electron chi connectivity index (χ2n) is 3.85. The average molecular weight is 261 g/mol. The molecule has 0 unspecified atom stereocenters. The zero-order valence-electron chi connectivity index (χ0n) is 9.77. The smallest absolute Gasteiger partial charge is 0.225 e. The molecule has 92 valence electrons. The van der Waals surface area contributed by atoms with Crippen LogP contribution in [0, 0.1) is 0 Å². The largest absolute Gasteiger partial charge is 0.311 e. The van der Waals surface area contributed by atoms with Crippen molar-refractivity contribution in [2.24, 2.45) is 0 Å². The molecule has 18 heavy (non-hydrogen) atoms. The van der Waals surface area contributed by atoms with Crippen LogP contribution in [0.15, 0.2) is 48.7 Å². The number of carbonyl (C=O) groups is 1. The zero-order chi connectivity index (χ0) is 12.8. The van der Waals surface area contributed by atoms with Gasteiger partial charge in [-0.3, -0.25) is 4.79 Å². The van der Waals surface area contributed by atoms with E-state index < -0.39 is 0 Å². The molecule has 3 nitrogen and oxygen atoms in total. The molecule has 0 spiro atoms. The molecule has 0 saturated carbocycles. The van der Waals surface area contributed by atoms with E-state index in [0.29, 0.717) is 23.7 Å². The van der Waals surface area contributed by atoms with Crippen LogP contribution >= 0.6 is 11.6 Å². The molecule has 0 fully saturated rings. The highest BCUT2D eigenvalue weighted by Gasteiger charge is 2.05. The minimum Gasteiger partial charge on any atom is -0.311 e. The Balaban J connectivity index is 1.88. The molecular weight excluding hydrogens is 248 g/mol. The molecular formula is C14H13ClN2O. The molecule has 0 atom stereocenters. The normalized spacial score (nSPS) is 10.1. The third-order valence-corrected chi connectivity index (χ3v) is 2.88. The summed E-state index contributed by atoms with van der Waals surface area (Å²) in [6.07, 6.45) is 2.66. The number of aromatic nitrogens is 1. The molecule has 0 bridgehead atoms. The van der Waals surface area contributed by atoms with E-state index in [1.54, 1.807) is 18.3 Å². The summed E-state index contributed by atoms with van der Waals surface area (Å²) in [5.74, 6) is 0.510. The molecule has 2 aromatic rings. The van der Waals surface area contributed by atoms with E-state index in [1.807, 2.05) is 30.3 Å². The van der Waals surface area contributed by atoms with E-state index in [9.17, 15) is 4.79 Å². The summed E-state index contributed by atoms with van der Waals surface area (Å²) >= 11 is 6.02. The predicted molar refractivity (Wildman–Crippen MR) is 72.6 cm³/mol. The van der Waals surface area contributed by atoms with Crippen LogP contribution in [-0.2, 0) is 11.2 Å². The number of hydrogen-bond donors (Lipinski definition) is 1. The number of aryl methyl sites for hydroxylation is 1. The molecule has 0 radical (unpaired) electrons. The average Bonchev–Trinajstić information content (AvgIpc) is 2.39. The fraction of sp³-hybridized carbons (Fsp3) is 0.143. The highest BCUT2D eigenvalue weighted by atomic mass is 35.5. The summed E-state index contributed by atoms with van der Waals surface area (Å²) in [5, 5.41) is 3.44. The van der Waals surface area contributed by atoms with Gasteiger partial charge in [0.05, 0.1) is 0 Å². The Bertz CT molecular complexity index is 528. The third kappa shape index (κ3) is 3.57. The van der Waals surface area contributed by atoms with Gasteiger partial charge in [0.1, 0.15) is 5.82 Å². The lowest BCUT2D eigenvalue weighted by Gasteiger charge is -2.05. The van der Waals surface area contributed by atoms with Crippen LogP contribution in [0.2, 0.25) is 5.02 Å². The Morgan fingerprint density at radius 1 is 1.17 bits per heavy atom. The number of rotatable bonds is 4. The number of halogens is 1. The van der Waals surface area contributed by atoms with Gasteiger partial charge in [0.2, 0.25) is 5.91 Å². The topological polar surface area (TPSA) is 42.0 Å². The number of pyridine rings is 1. The Hall–Kier alpha value is -1.87. The van der Waals surface area contributed by atoms with Gasteiger partial charge in [-0.15, -0.1) is 0 Å². The van der Waals surface area contributed by atoms with Gasteiger partial charge in [-0.05, 0) is 30.2 Å². The summed E-state index contributed by atoms with van der Waals surface area (Å²) in [4.78, 5) is 15.7. The van der Waals surface area contributed by atoms with E-state index in [1.165, 1.54) is 0 Å². The van der Waals surface area contributed by atoms with Crippen molar-refractivity contribution in [2.45, 2.75) is 12.8 Å². The van der Waals surface area contributed by atoms with Crippen LogP contribution in [-0.4, -0.2) is 10.9 Å². The van der Waals surface area contributed by atoms with Gasteiger partial charge in [-0.1, -0.05) is 35.9 Å². The number of carbonyl (C=O) groups excluding carboxylic acids is 1. The van der Waals surface area contributed by atoms with Crippen LogP contribution in [0.3, 0.4) is 0 Å². The standard InChI is InChI=1S/C14H13ClN2O/c15-12-6-2-1-5-11(12)8-9-14(18)17-13-7-3-4-10-16-13/h1-7,10H,8-9H2,(H,16,17,18). The Morgan fingerprint density at radius 2 is 1.94 bits per heavy atom. The number of hydrogen-bond acceptors (Lipinski definition) is 2. The Morgan fingerprint density at radius 3 is 2.67 bits per heavy atom. The Kier molecular flexibility index (Phi) is 4.31. The third-order valence-electron chi connectivity index (χ3n) is 2.51. The van der Waals surface area contributed by atoms with E-state index in [-0.39, 0.29) is 5.91 Å². The van der Waals surface area contributed by atoms with Crippen molar-refractivity contribution in [1.82, 2.24) is 4.98 Å². The summed E-state index contributed by atoms with van der Waals surface area (Å²) in [6.45, 7) is 0. The molecule has 0 aliphatic rings. The van der Waals surface area contributed by atoms with Crippen molar-refractivity contribution in [3.05, 3.63) is 59.2 Å². The molecule has 4 heteroatoms. The molecule has 1 N–H and O–H groups in total. The van der Waals surface area contributed by atoms with Gasteiger partial charge < -0.3 is 5.32 Å². The fourth-order valence-electron chi connectivity index (χ4n) is 1.59. The summed E-state index contributed by atoms with van der Waals surface area (Å²) in [5.41, 5.74) is 0.982. The minimum absolute atomic E-state index is 0.0615. The maximum Gasteiger partial charge on any atom is 0.225 e. The first-order chi connectivity index (χ1) is 8.75. The van der Waals surface area contributed by atoms with Crippen molar-refractivity contribution in [3.63, 3.8) is 0 Å². The minimum atomic E-state index is -0.0615. The first-order valence-electron chi connectivity index (χ1n) is 5.70. The monoisotopic (exact) mass is 260 g/mol. The second kappa shape index (κ2) is 6.17. The van der Waals surface area contributed by atoms with Crippen LogP contribution in [0.5, 0.6) is 0 Å². The molecule has 1 heterocycles. The van der Waals surface area contributed by atoms with Gasteiger partial charge in [-0.2, -0.15) is 0 Å². The number of nitrogens with one attached hydrogen (secondary N) is 1. The van der Waals surface area contributed by atoms with E-state index in [0.717, 1.165) is 5.56 Å². The summed E-state index contributed by atoms with van der Waals surface area (Å²) < 4.78 is 0. The van der Waals surface area contributed by atoms with Crippen molar-refractivity contribution in [2.75, 3.05) is 5.32 Å². The zero-order valence-corrected chi connectivity index (χ0v) is 10.5. The number of amides is 1. The van der Waals surface area contributed by atoms with Gasteiger partial charge in [0.25, 0.3) is 0 Å². The van der Waals surface area contributed by atoms with E-state index in [4.69, 9.17) is 11.6 Å². The van der Waals surface area contributed by atoms with Crippen molar-refractivity contribution >= 4 is 23.3 Å². The highest BCUT2D eigenvalue weighted by Crippen LogP contribution is 2.16. The lowest BCUT2D eigenvalue weighted by molar-refractivity contribution is -0.116. The van der Waals surface area contributed by atoms with E-state index in [2.05, 4.69) is 10.3 Å². The summed E-state index contributed by atoms with van der Waals surface area (Å²) in [7, 11) is 0. The van der Waals surface area contributed by atoms with Gasteiger partial charge >= 0.3 is 0 Å². The summed E-state index contributed by atoms with van der Waals surface area (Å²) in [6, 6.07) is 12.9. The second-order valence-corrected chi connectivity index (χ2v) is 4.26. The van der Waals surface area contributed by atoms with Crippen LogP contribution in [0.4, 0.5) is 5.82 Å². The molecule has 0 aliphatic heterocycles. The molecule has 1 aromatic heterocycles. The molecule has 1 aromatic carbocycles. The number of anilines is 1. The Labute approximate surface area is 111 Å². The molecule has 1 amide bonds. The fourth-order valence-corrected chi connectivity index (χ4v) is 1.82. The lowest BCUT2D eigenvalue weighted by atomic mass is 10.1. The van der Waals surface area contributed by atoms with Gasteiger partial charge in [-0.25, -0.2) is 4.98 Å². The lowest BCUT2D eigenvalue weighted by Crippen LogP contribution is -2.13. The van der Waals surface area contributed by atoms with Gasteiger partial charge in [0.15, 0.2) is 0 Å². The van der Waals surface area contributed by atoms with Gasteiger partial charge in [0, 0.05) is 17.6 Å². The van der Waals surface area contributed by atoms with E-state index >= 15 is 0 Å². The maximum absolute atomic E-state index is 11.7. The van der Waals surface area contributed by atoms with Crippen molar-refractivity contribution in [1.29, 1.82) is 0 Å². The maximum atomic E-state index is 11.7. The predicted octanol–water partition coefficient (Wildman–Crippen LogP) is 3.31. The number of benzene rings is 1. The van der Waals surface area contributed by atoms with Crippen molar-refractivity contribution < 1.29 is 4.79 Å². The molecule has 0 aliphatic carbocycles. The first-order valence-corrected chi connectivity index (χ1v) is 6.08. The van der Waals surface area contributed by atoms with Crippen LogP contribution < -0.4 is 5.32 Å². The SMILES string of the molecule is O=C(CCc1ccccc1Cl)Nc1ccccn1. The number of nitrogens with zero attached hydrogens (tertiary/aromatic N) is 1. The first kappa shape index (κ1) is 12.6.